The van der Waals surface area contributed by atoms with Gasteiger partial charge in [0.15, 0.2) is 0 Å². The Hall–Kier alpha value is -0.000000000000000111. The molecule has 2 heterocycles. The SMILES string of the molecule is CC(NC1CCNCC1)c1ncc[nH]1.Cl.Cl.Cl. The number of hydrogen-bond acceptors (Lipinski definition) is 3. The molecule has 1 aromatic heterocycles. The molecular weight excluding hydrogens is 282 g/mol. The molecule has 1 atom stereocenters. The van der Waals surface area contributed by atoms with E-state index in [9.17, 15) is 0 Å². The fourth-order valence-electron chi connectivity index (χ4n) is 1.94. The van der Waals surface area contributed by atoms with Gasteiger partial charge in [0.1, 0.15) is 5.82 Å². The van der Waals surface area contributed by atoms with Crippen LogP contribution in [0.25, 0.3) is 0 Å². The van der Waals surface area contributed by atoms with Crippen molar-refractivity contribution >= 4 is 37.2 Å². The number of nitrogens with zero attached hydrogens (tertiary/aromatic N) is 1. The van der Waals surface area contributed by atoms with Crippen molar-refractivity contribution in [3.05, 3.63) is 18.2 Å². The van der Waals surface area contributed by atoms with Crippen LogP contribution in [0.2, 0.25) is 0 Å². The molecule has 1 unspecified atom stereocenters. The molecule has 0 amide bonds. The molecule has 1 aromatic rings. The molecule has 102 valence electrons. The largest absolute Gasteiger partial charge is 0.347 e. The van der Waals surface area contributed by atoms with Crippen LogP contribution < -0.4 is 10.6 Å². The number of nitrogens with one attached hydrogen (secondary N) is 3. The molecule has 7 heteroatoms. The Morgan fingerprint density at radius 2 is 1.94 bits per heavy atom. The summed E-state index contributed by atoms with van der Waals surface area (Å²) in [6.07, 6.45) is 6.10. The summed E-state index contributed by atoms with van der Waals surface area (Å²) < 4.78 is 0. The predicted octanol–water partition coefficient (Wildman–Crippen LogP) is 2.08. The molecule has 0 spiro atoms. The third-order valence-corrected chi connectivity index (χ3v) is 2.75. The summed E-state index contributed by atoms with van der Waals surface area (Å²) >= 11 is 0. The number of piperidine rings is 1. The van der Waals surface area contributed by atoms with Crippen LogP contribution >= 0.6 is 37.2 Å². The number of hydrogen-bond donors (Lipinski definition) is 3. The van der Waals surface area contributed by atoms with E-state index in [4.69, 9.17) is 0 Å². The molecule has 4 nitrogen and oxygen atoms in total. The van der Waals surface area contributed by atoms with Crippen molar-refractivity contribution in [3.8, 4) is 0 Å². The first-order chi connectivity index (χ1) is 6.86. The first-order valence-electron chi connectivity index (χ1n) is 5.32. The van der Waals surface area contributed by atoms with Gasteiger partial charge in [0.05, 0.1) is 6.04 Å². The molecule has 0 bridgehead atoms. The van der Waals surface area contributed by atoms with E-state index < -0.39 is 0 Å². The lowest BCUT2D eigenvalue weighted by atomic mass is 10.1. The second-order valence-electron chi connectivity index (χ2n) is 3.89. The minimum atomic E-state index is 0. The van der Waals surface area contributed by atoms with E-state index in [0.717, 1.165) is 18.9 Å². The predicted molar refractivity (Wildman–Crippen MR) is 77.8 cm³/mol. The highest BCUT2D eigenvalue weighted by Gasteiger charge is 2.16. The van der Waals surface area contributed by atoms with Gasteiger partial charge in [-0.2, -0.15) is 0 Å². The van der Waals surface area contributed by atoms with Gasteiger partial charge in [-0.3, -0.25) is 0 Å². The van der Waals surface area contributed by atoms with Gasteiger partial charge in [0, 0.05) is 18.4 Å². The minimum absolute atomic E-state index is 0. The molecule has 1 fully saturated rings. The van der Waals surface area contributed by atoms with E-state index >= 15 is 0 Å². The summed E-state index contributed by atoms with van der Waals surface area (Å²) in [6.45, 7) is 4.41. The van der Waals surface area contributed by atoms with Gasteiger partial charge in [-0.05, 0) is 32.9 Å². The average molecular weight is 304 g/mol. The third kappa shape index (κ3) is 5.93. The second kappa shape index (κ2) is 9.97. The number of aromatic amines is 1. The fraction of sp³-hybridized carbons (Fsp3) is 0.700. The summed E-state index contributed by atoms with van der Waals surface area (Å²) in [4.78, 5) is 7.39. The Kier molecular flexibility index (Phi) is 11.3. The summed E-state index contributed by atoms with van der Waals surface area (Å²) in [5, 5.41) is 6.95. The smallest absolute Gasteiger partial charge is 0.122 e. The zero-order chi connectivity index (χ0) is 9.80. The van der Waals surface area contributed by atoms with Gasteiger partial charge in [-0.25, -0.2) is 4.98 Å². The summed E-state index contributed by atoms with van der Waals surface area (Å²) in [5.41, 5.74) is 0. The van der Waals surface area contributed by atoms with Crippen molar-refractivity contribution < 1.29 is 0 Å². The van der Waals surface area contributed by atoms with E-state index in [-0.39, 0.29) is 37.2 Å². The molecule has 17 heavy (non-hydrogen) atoms. The molecular formula is C10H21Cl3N4. The summed E-state index contributed by atoms with van der Waals surface area (Å²) in [5.74, 6) is 1.03. The van der Waals surface area contributed by atoms with Gasteiger partial charge in [-0.1, -0.05) is 0 Å². The van der Waals surface area contributed by atoms with E-state index in [1.54, 1.807) is 6.20 Å². The molecule has 1 saturated heterocycles. The normalized spacial score (nSPS) is 17.2. The lowest BCUT2D eigenvalue weighted by molar-refractivity contribution is 0.354. The Morgan fingerprint density at radius 1 is 1.29 bits per heavy atom. The van der Waals surface area contributed by atoms with Crippen molar-refractivity contribution in [1.29, 1.82) is 0 Å². The summed E-state index contributed by atoms with van der Waals surface area (Å²) in [6, 6.07) is 0.962. The van der Waals surface area contributed by atoms with Crippen molar-refractivity contribution in [2.24, 2.45) is 0 Å². The van der Waals surface area contributed by atoms with Gasteiger partial charge < -0.3 is 15.6 Å². The maximum absolute atomic E-state index is 4.25. The maximum atomic E-state index is 4.25. The van der Waals surface area contributed by atoms with Gasteiger partial charge in [-0.15, -0.1) is 37.2 Å². The number of halogens is 3. The molecule has 3 N–H and O–H groups in total. The average Bonchev–Trinajstić information content (AvgIpc) is 2.72. The first-order valence-corrected chi connectivity index (χ1v) is 5.32. The van der Waals surface area contributed by atoms with Crippen molar-refractivity contribution in [2.75, 3.05) is 13.1 Å². The Bertz CT molecular complexity index is 263. The fourth-order valence-corrected chi connectivity index (χ4v) is 1.94. The van der Waals surface area contributed by atoms with Crippen LogP contribution in [0.5, 0.6) is 0 Å². The number of imidazole rings is 1. The van der Waals surface area contributed by atoms with Crippen molar-refractivity contribution in [1.82, 2.24) is 20.6 Å². The van der Waals surface area contributed by atoms with Crippen molar-refractivity contribution in [3.63, 3.8) is 0 Å². The van der Waals surface area contributed by atoms with E-state index in [2.05, 4.69) is 27.5 Å². The highest BCUT2D eigenvalue weighted by Crippen LogP contribution is 2.10. The Labute approximate surface area is 121 Å². The first kappa shape index (κ1) is 19.3. The quantitative estimate of drug-likeness (QED) is 0.801. The van der Waals surface area contributed by atoms with Crippen LogP contribution in [-0.4, -0.2) is 29.1 Å². The second-order valence-corrected chi connectivity index (χ2v) is 3.89. The lowest BCUT2D eigenvalue weighted by Gasteiger charge is -2.26. The molecule has 1 aliphatic heterocycles. The topological polar surface area (TPSA) is 52.7 Å². The molecule has 0 radical (unpaired) electrons. The van der Waals surface area contributed by atoms with Crippen LogP contribution in [0.15, 0.2) is 12.4 Å². The molecule has 2 rings (SSSR count). The van der Waals surface area contributed by atoms with Crippen LogP contribution in [0.4, 0.5) is 0 Å². The molecule has 1 aliphatic rings. The van der Waals surface area contributed by atoms with Crippen LogP contribution in [0, 0.1) is 0 Å². The highest BCUT2D eigenvalue weighted by molar-refractivity contribution is 5.86. The number of H-pyrrole nitrogens is 1. The molecule has 0 aliphatic carbocycles. The molecule has 0 aromatic carbocycles. The highest BCUT2D eigenvalue weighted by atomic mass is 35.5. The zero-order valence-corrected chi connectivity index (χ0v) is 12.3. The van der Waals surface area contributed by atoms with Crippen LogP contribution in [0.3, 0.4) is 0 Å². The maximum Gasteiger partial charge on any atom is 0.122 e. The Morgan fingerprint density at radius 3 is 2.47 bits per heavy atom. The Balaban J connectivity index is 0. The van der Waals surface area contributed by atoms with Gasteiger partial charge >= 0.3 is 0 Å². The minimum Gasteiger partial charge on any atom is -0.347 e. The van der Waals surface area contributed by atoms with E-state index in [1.807, 2.05) is 6.20 Å². The third-order valence-electron chi connectivity index (χ3n) is 2.75. The lowest BCUT2D eigenvalue weighted by Crippen LogP contribution is -2.41. The van der Waals surface area contributed by atoms with Gasteiger partial charge in [0.2, 0.25) is 0 Å². The zero-order valence-electron chi connectivity index (χ0n) is 9.81. The van der Waals surface area contributed by atoms with Crippen LogP contribution in [-0.2, 0) is 0 Å². The van der Waals surface area contributed by atoms with Crippen molar-refractivity contribution in [2.45, 2.75) is 31.8 Å². The summed E-state index contributed by atoms with van der Waals surface area (Å²) in [7, 11) is 0. The number of aromatic nitrogens is 2. The van der Waals surface area contributed by atoms with E-state index in [0.29, 0.717) is 12.1 Å². The van der Waals surface area contributed by atoms with Gasteiger partial charge in [0.25, 0.3) is 0 Å². The molecule has 0 saturated carbocycles. The van der Waals surface area contributed by atoms with Crippen LogP contribution in [0.1, 0.15) is 31.6 Å². The monoisotopic (exact) mass is 302 g/mol. The van der Waals surface area contributed by atoms with E-state index in [1.165, 1.54) is 12.8 Å². The standard InChI is InChI=1S/C10H18N4.3ClH/c1-8(10-12-6-7-13-10)14-9-2-4-11-5-3-9;;;/h6-9,11,14H,2-5H2,1H3,(H,12,13);3*1H. The number of rotatable bonds is 3.